The number of rotatable bonds is 3. The Morgan fingerprint density at radius 3 is 2.57 bits per heavy atom. The van der Waals surface area contributed by atoms with Crippen LogP contribution in [0.3, 0.4) is 0 Å². The summed E-state index contributed by atoms with van der Waals surface area (Å²) < 4.78 is 49.0. The summed E-state index contributed by atoms with van der Waals surface area (Å²) >= 11 is 0. The molecule has 1 amide bonds. The van der Waals surface area contributed by atoms with E-state index in [-0.39, 0.29) is 28.8 Å². The number of carbonyl (C=O) groups is 1. The van der Waals surface area contributed by atoms with Gasteiger partial charge in [-0.1, -0.05) is 13.8 Å². The van der Waals surface area contributed by atoms with Gasteiger partial charge in [-0.2, -0.15) is 13.2 Å². The van der Waals surface area contributed by atoms with Gasteiger partial charge in [-0.3, -0.25) is 10.3 Å². The molecule has 0 aliphatic heterocycles. The summed E-state index contributed by atoms with van der Waals surface area (Å²) in [6, 6.07) is 4.56. The summed E-state index contributed by atoms with van der Waals surface area (Å²) in [5.74, 6) is 0.0570. The molecule has 1 aromatic carbocycles. The van der Waals surface area contributed by atoms with Crippen molar-refractivity contribution in [1.29, 1.82) is 0 Å². The van der Waals surface area contributed by atoms with Crippen molar-refractivity contribution >= 4 is 22.9 Å². The number of halogens is 3. The zero-order valence-corrected chi connectivity index (χ0v) is 15.8. The van der Waals surface area contributed by atoms with Crippen molar-refractivity contribution in [2.45, 2.75) is 40.0 Å². The predicted octanol–water partition coefficient (Wildman–Crippen LogP) is 5.89. The highest BCUT2D eigenvalue weighted by atomic mass is 19.4. The maximum Gasteiger partial charge on any atom is 0.416 e. The zero-order valence-electron chi connectivity index (χ0n) is 15.8. The van der Waals surface area contributed by atoms with Crippen LogP contribution in [-0.4, -0.2) is 22.2 Å². The Bertz CT molecular complexity index is 952. The third-order valence-electron chi connectivity index (χ3n) is 3.35. The van der Waals surface area contributed by atoms with E-state index in [2.05, 4.69) is 15.3 Å². The van der Waals surface area contributed by atoms with E-state index in [0.29, 0.717) is 5.56 Å². The number of fused-ring (bicyclic) bond motifs is 1. The van der Waals surface area contributed by atoms with Gasteiger partial charge in [0.1, 0.15) is 5.52 Å². The lowest BCUT2D eigenvalue weighted by Gasteiger charge is -2.10. The first-order valence-electron chi connectivity index (χ1n) is 8.64. The van der Waals surface area contributed by atoms with Crippen LogP contribution in [-0.2, 0) is 10.9 Å². The van der Waals surface area contributed by atoms with Crippen LogP contribution in [0.2, 0.25) is 0 Å². The van der Waals surface area contributed by atoms with Crippen molar-refractivity contribution < 1.29 is 27.1 Å². The average Bonchev–Trinajstić information content (AvgIpc) is 3.05. The van der Waals surface area contributed by atoms with Crippen LogP contribution in [0.25, 0.3) is 22.6 Å². The highest BCUT2D eigenvalue weighted by Gasteiger charge is 2.31. The smallest absolute Gasteiger partial charge is 0.416 e. The molecule has 3 rings (SSSR count). The molecular formula is C19H20F3N3O3. The van der Waals surface area contributed by atoms with Crippen molar-refractivity contribution in [1.82, 2.24) is 9.97 Å². The summed E-state index contributed by atoms with van der Waals surface area (Å²) in [6.45, 7) is 7.39. The average molecular weight is 395 g/mol. The summed E-state index contributed by atoms with van der Waals surface area (Å²) in [5.41, 5.74) is 0.0625. The van der Waals surface area contributed by atoms with E-state index in [9.17, 15) is 18.0 Å². The van der Waals surface area contributed by atoms with Gasteiger partial charge in [-0.25, -0.2) is 9.78 Å². The molecule has 0 saturated heterocycles. The molecule has 0 bridgehead atoms. The number of anilines is 1. The molecule has 6 nitrogen and oxygen atoms in total. The number of aromatic nitrogens is 2. The molecule has 0 radical (unpaired) electrons. The Morgan fingerprint density at radius 2 is 1.93 bits per heavy atom. The minimum atomic E-state index is -4.47. The molecule has 2 aromatic heterocycles. The van der Waals surface area contributed by atoms with Gasteiger partial charge >= 0.3 is 12.3 Å². The van der Waals surface area contributed by atoms with E-state index in [1.807, 2.05) is 13.8 Å². The molecular weight excluding hydrogens is 375 g/mol. The van der Waals surface area contributed by atoms with Gasteiger partial charge in [0.15, 0.2) is 5.58 Å². The monoisotopic (exact) mass is 395 g/mol. The molecule has 9 heteroatoms. The SMILES string of the molecule is CC.CC(C)OC(=O)Nc1cnccc1-c1nc2cc(C(F)(F)F)ccc2o1. The van der Waals surface area contributed by atoms with E-state index in [1.54, 1.807) is 13.8 Å². The number of hydrogen-bond donors (Lipinski definition) is 1. The molecule has 0 spiro atoms. The van der Waals surface area contributed by atoms with Crippen molar-refractivity contribution in [3.63, 3.8) is 0 Å². The number of nitrogens with one attached hydrogen (secondary N) is 1. The Hall–Kier alpha value is -3.10. The van der Waals surface area contributed by atoms with Crippen LogP contribution in [0, 0.1) is 0 Å². The van der Waals surface area contributed by atoms with Gasteiger partial charge in [0.25, 0.3) is 0 Å². The Balaban J connectivity index is 0.00000136. The minimum absolute atomic E-state index is 0.0570. The van der Waals surface area contributed by atoms with Crippen LogP contribution in [0.15, 0.2) is 41.1 Å². The van der Waals surface area contributed by atoms with E-state index in [0.717, 1.165) is 12.1 Å². The predicted molar refractivity (Wildman–Crippen MR) is 98.8 cm³/mol. The molecule has 150 valence electrons. The second-order valence-corrected chi connectivity index (χ2v) is 5.70. The fraction of sp³-hybridized carbons (Fsp3) is 0.316. The van der Waals surface area contributed by atoms with Crippen molar-refractivity contribution in [2.75, 3.05) is 5.32 Å². The van der Waals surface area contributed by atoms with E-state index < -0.39 is 17.8 Å². The molecule has 0 unspecified atom stereocenters. The number of nitrogens with zero attached hydrogens (tertiary/aromatic N) is 2. The summed E-state index contributed by atoms with van der Waals surface area (Å²) in [7, 11) is 0. The number of ether oxygens (including phenoxy) is 1. The normalized spacial score (nSPS) is 11.1. The van der Waals surface area contributed by atoms with Gasteiger partial charge in [0.2, 0.25) is 5.89 Å². The molecule has 2 heterocycles. The number of pyridine rings is 1. The van der Waals surface area contributed by atoms with Crippen molar-refractivity contribution in [2.24, 2.45) is 0 Å². The number of benzene rings is 1. The molecule has 0 atom stereocenters. The number of carbonyl (C=O) groups excluding carboxylic acids is 1. The number of oxazole rings is 1. The van der Waals surface area contributed by atoms with E-state index in [1.165, 1.54) is 24.5 Å². The van der Waals surface area contributed by atoms with Gasteiger partial charge in [-0.15, -0.1) is 0 Å². The third kappa shape index (κ3) is 4.99. The first kappa shape index (κ1) is 21.2. The molecule has 0 fully saturated rings. The van der Waals surface area contributed by atoms with Gasteiger partial charge in [-0.05, 0) is 38.1 Å². The van der Waals surface area contributed by atoms with Crippen LogP contribution < -0.4 is 5.32 Å². The lowest BCUT2D eigenvalue weighted by molar-refractivity contribution is -0.137. The minimum Gasteiger partial charge on any atom is -0.447 e. The summed E-state index contributed by atoms with van der Waals surface area (Å²) in [5, 5.41) is 2.52. The topological polar surface area (TPSA) is 77.2 Å². The second kappa shape index (κ2) is 8.73. The lowest BCUT2D eigenvalue weighted by atomic mass is 10.2. The molecule has 28 heavy (non-hydrogen) atoms. The highest BCUT2D eigenvalue weighted by Crippen LogP contribution is 2.34. The first-order chi connectivity index (χ1) is 13.2. The Labute approximate surface area is 159 Å². The third-order valence-corrected chi connectivity index (χ3v) is 3.35. The molecule has 0 aliphatic carbocycles. The number of alkyl halides is 3. The lowest BCUT2D eigenvalue weighted by Crippen LogP contribution is -2.18. The zero-order chi connectivity index (χ0) is 20.9. The van der Waals surface area contributed by atoms with E-state index in [4.69, 9.17) is 9.15 Å². The highest BCUT2D eigenvalue weighted by molar-refractivity contribution is 5.90. The van der Waals surface area contributed by atoms with Crippen LogP contribution in [0.5, 0.6) is 0 Å². The van der Waals surface area contributed by atoms with E-state index >= 15 is 0 Å². The van der Waals surface area contributed by atoms with Gasteiger partial charge < -0.3 is 9.15 Å². The Kier molecular flexibility index (Phi) is 6.61. The maximum absolute atomic E-state index is 12.8. The number of amides is 1. The van der Waals surface area contributed by atoms with Crippen LogP contribution in [0.1, 0.15) is 33.3 Å². The van der Waals surface area contributed by atoms with Crippen LogP contribution in [0.4, 0.5) is 23.7 Å². The molecule has 0 aliphatic rings. The fourth-order valence-electron chi connectivity index (χ4n) is 2.25. The largest absolute Gasteiger partial charge is 0.447 e. The molecule has 1 N–H and O–H groups in total. The van der Waals surface area contributed by atoms with Crippen molar-refractivity contribution in [3.8, 4) is 11.5 Å². The first-order valence-corrected chi connectivity index (χ1v) is 8.64. The summed E-state index contributed by atoms with van der Waals surface area (Å²) in [6.07, 6.45) is -2.67. The second-order valence-electron chi connectivity index (χ2n) is 5.70. The van der Waals surface area contributed by atoms with Gasteiger partial charge in [0.05, 0.1) is 29.1 Å². The molecule has 0 saturated carbocycles. The standard InChI is InChI=1S/C17H14F3N3O3.C2H6/c1-9(2)25-16(24)23-13-8-21-6-5-11(13)15-22-12-7-10(17(18,19)20)3-4-14(12)26-15;1-2/h3-9H,1-2H3,(H,23,24);1-2H3. The number of hydrogen-bond acceptors (Lipinski definition) is 5. The Morgan fingerprint density at radius 1 is 1.21 bits per heavy atom. The van der Waals surface area contributed by atoms with Crippen molar-refractivity contribution in [3.05, 3.63) is 42.2 Å². The fourth-order valence-corrected chi connectivity index (χ4v) is 2.25. The quantitative estimate of drug-likeness (QED) is 0.598. The van der Waals surface area contributed by atoms with Crippen LogP contribution >= 0.6 is 0 Å². The molecule has 3 aromatic rings. The maximum atomic E-state index is 12.8. The van der Waals surface area contributed by atoms with Gasteiger partial charge in [0, 0.05) is 6.20 Å². The summed E-state index contributed by atoms with van der Waals surface area (Å²) in [4.78, 5) is 19.8.